The van der Waals surface area contributed by atoms with Crippen LogP contribution in [0.1, 0.15) is 39.5 Å². The van der Waals surface area contributed by atoms with E-state index >= 15 is 0 Å². The topological polar surface area (TPSA) is 107 Å². The predicted molar refractivity (Wildman–Crippen MR) is 133 cm³/mol. The standard InChI is InChI=1S/C27H30FN3O5/c1-16(2)18(27(36)29-19(14-26(34)35)24(32)15-28)13-25(33)31-22-9-5-3-7-20(22)30(17-11-12-17)21-8-4-6-10-23(21)31/h3-10,16-19H,11-15H2,1-2H3,(H,29,36)(H,34,35)/t18-,19?/m0/s1. The molecule has 1 saturated carbocycles. The number of ketones is 1. The molecule has 0 bridgehead atoms. The highest BCUT2D eigenvalue weighted by Gasteiger charge is 2.40. The Balaban J connectivity index is 1.62. The fraction of sp³-hybridized carbons (Fsp3) is 0.407. The molecule has 4 rings (SSSR count). The number of carboxylic acid groups (broad SMARTS) is 1. The van der Waals surface area contributed by atoms with Crippen molar-refractivity contribution in [1.29, 1.82) is 0 Å². The maximum atomic E-state index is 13.8. The molecule has 1 aliphatic carbocycles. The molecule has 1 aliphatic heterocycles. The molecule has 0 radical (unpaired) electrons. The van der Waals surface area contributed by atoms with Crippen LogP contribution in [0.4, 0.5) is 27.1 Å². The van der Waals surface area contributed by atoms with Crippen LogP contribution < -0.4 is 15.1 Å². The number of halogens is 1. The summed E-state index contributed by atoms with van der Waals surface area (Å²) in [6.07, 6.45) is 1.25. The minimum atomic E-state index is -1.49. The minimum Gasteiger partial charge on any atom is -0.481 e. The summed E-state index contributed by atoms with van der Waals surface area (Å²) in [6, 6.07) is 14.2. The van der Waals surface area contributed by atoms with Gasteiger partial charge in [-0.2, -0.15) is 0 Å². The lowest BCUT2D eigenvalue weighted by Gasteiger charge is -2.40. The lowest BCUT2D eigenvalue weighted by Crippen LogP contribution is -2.47. The average molecular weight is 496 g/mol. The highest BCUT2D eigenvalue weighted by Crippen LogP contribution is 2.52. The lowest BCUT2D eigenvalue weighted by molar-refractivity contribution is -0.141. The van der Waals surface area contributed by atoms with Crippen LogP contribution >= 0.6 is 0 Å². The number of para-hydroxylation sites is 4. The summed E-state index contributed by atoms with van der Waals surface area (Å²) in [5.74, 6) is -4.44. The Morgan fingerprint density at radius 1 is 0.944 bits per heavy atom. The molecule has 1 fully saturated rings. The molecule has 1 heterocycles. The van der Waals surface area contributed by atoms with Crippen molar-refractivity contribution in [3.8, 4) is 0 Å². The Morgan fingerprint density at radius 3 is 1.92 bits per heavy atom. The van der Waals surface area contributed by atoms with E-state index in [1.54, 1.807) is 18.7 Å². The Kier molecular flexibility index (Phi) is 7.37. The first-order chi connectivity index (χ1) is 17.2. The highest BCUT2D eigenvalue weighted by molar-refractivity contribution is 6.10. The van der Waals surface area contributed by atoms with Crippen LogP contribution in [0.25, 0.3) is 0 Å². The monoisotopic (exact) mass is 495 g/mol. The van der Waals surface area contributed by atoms with Crippen LogP contribution in [-0.4, -0.2) is 47.4 Å². The Labute approximate surface area is 209 Å². The number of anilines is 4. The number of fused-ring (bicyclic) bond motifs is 2. The van der Waals surface area contributed by atoms with Crippen molar-refractivity contribution in [2.45, 2.75) is 51.6 Å². The van der Waals surface area contributed by atoms with Gasteiger partial charge in [-0.05, 0) is 43.0 Å². The molecule has 8 nitrogen and oxygen atoms in total. The van der Waals surface area contributed by atoms with Gasteiger partial charge < -0.3 is 15.3 Å². The van der Waals surface area contributed by atoms with E-state index in [0.29, 0.717) is 6.04 Å². The number of nitrogens with one attached hydrogen (secondary N) is 1. The fourth-order valence-corrected chi connectivity index (χ4v) is 4.67. The van der Waals surface area contributed by atoms with Crippen molar-refractivity contribution < 1.29 is 28.7 Å². The number of hydrogen-bond acceptors (Lipinski definition) is 5. The molecule has 2 amide bonds. The maximum Gasteiger partial charge on any atom is 0.305 e. The number of rotatable bonds is 10. The van der Waals surface area contributed by atoms with Crippen molar-refractivity contribution in [3.05, 3.63) is 48.5 Å². The number of nitrogens with zero attached hydrogens (tertiary/aromatic N) is 2. The summed E-state index contributed by atoms with van der Waals surface area (Å²) in [6.45, 7) is 2.16. The molecule has 190 valence electrons. The van der Waals surface area contributed by atoms with E-state index in [1.807, 2.05) is 48.5 Å². The number of Topliss-reactive ketones (excluding diaryl/α,β-unsaturated/α-hetero) is 1. The smallest absolute Gasteiger partial charge is 0.305 e. The fourth-order valence-electron chi connectivity index (χ4n) is 4.67. The maximum absolute atomic E-state index is 13.8. The average Bonchev–Trinajstić information content (AvgIpc) is 3.69. The van der Waals surface area contributed by atoms with Crippen molar-refractivity contribution in [1.82, 2.24) is 5.32 Å². The second kappa shape index (κ2) is 10.5. The summed E-state index contributed by atoms with van der Waals surface area (Å²) in [4.78, 5) is 53.8. The van der Waals surface area contributed by atoms with Gasteiger partial charge in [-0.1, -0.05) is 38.1 Å². The molecule has 9 heteroatoms. The van der Waals surface area contributed by atoms with E-state index in [-0.39, 0.29) is 18.2 Å². The zero-order chi connectivity index (χ0) is 26.0. The largest absolute Gasteiger partial charge is 0.481 e. The second-order valence-electron chi connectivity index (χ2n) is 9.62. The minimum absolute atomic E-state index is 0.167. The van der Waals surface area contributed by atoms with Gasteiger partial charge in [0.15, 0.2) is 5.78 Å². The predicted octanol–water partition coefficient (Wildman–Crippen LogP) is 4.13. The van der Waals surface area contributed by atoms with Crippen LogP contribution in [0, 0.1) is 11.8 Å². The van der Waals surface area contributed by atoms with E-state index < -0.39 is 42.7 Å². The van der Waals surface area contributed by atoms with Crippen molar-refractivity contribution in [3.63, 3.8) is 0 Å². The number of amides is 2. The highest BCUT2D eigenvalue weighted by atomic mass is 19.1. The van der Waals surface area contributed by atoms with E-state index in [4.69, 9.17) is 5.11 Å². The normalized spacial score (nSPS) is 16.1. The summed E-state index contributed by atoms with van der Waals surface area (Å²) < 4.78 is 13.0. The van der Waals surface area contributed by atoms with Crippen molar-refractivity contribution in [2.24, 2.45) is 11.8 Å². The third-order valence-corrected chi connectivity index (χ3v) is 6.68. The van der Waals surface area contributed by atoms with Gasteiger partial charge in [0.25, 0.3) is 0 Å². The Morgan fingerprint density at radius 2 is 1.47 bits per heavy atom. The molecular weight excluding hydrogens is 465 g/mol. The number of benzene rings is 2. The Bertz CT molecular complexity index is 1130. The first-order valence-electron chi connectivity index (χ1n) is 12.1. The lowest BCUT2D eigenvalue weighted by atomic mass is 9.90. The summed E-state index contributed by atoms with van der Waals surface area (Å²) >= 11 is 0. The molecule has 0 saturated heterocycles. The van der Waals surface area contributed by atoms with Crippen LogP contribution in [0.3, 0.4) is 0 Å². The molecule has 2 aromatic carbocycles. The van der Waals surface area contributed by atoms with Gasteiger partial charge in [0.2, 0.25) is 11.8 Å². The Hall–Kier alpha value is -3.75. The zero-order valence-electron chi connectivity index (χ0n) is 20.3. The summed E-state index contributed by atoms with van der Waals surface area (Å²) in [5.41, 5.74) is 3.31. The first-order valence-corrected chi connectivity index (χ1v) is 12.1. The number of alkyl halides is 1. The number of carboxylic acids is 1. The molecule has 0 spiro atoms. The molecule has 2 N–H and O–H groups in total. The van der Waals surface area contributed by atoms with E-state index in [9.17, 15) is 23.6 Å². The van der Waals surface area contributed by atoms with E-state index in [1.165, 1.54) is 0 Å². The third-order valence-electron chi connectivity index (χ3n) is 6.68. The van der Waals surface area contributed by atoms with Crippen LogP contribution in [0.5, 0.6) is 0 Å². The van der Waals surface area contributed by atoms with Crippen LogP contribution in [0.15, 0.2) is 48.5 Å². The molecule has 1 unspecified atom stereocenters. The van der Waals surface area contributed by atoms with Gasteiger partial charge in [-0.15, -0.1) is 0 Å². The van der Waals surface area contributed by atoms with Gasteiger partial charge in [0.1, 0.15) is 12.7 Å². The number of aliphatic carboxylic acids is 1. The van der Waals surface area contributed by atoms with Crippen molar-refractivity contribution in [2.75, 3.05) is 16.5 Å². The summed E-state index contributed by atoms with van der Waals surface area (Å²) in [5, 5.41) is 11.4. The second-order valence-corrected chi connectivity index (χ2v) is 9.62. The van der Waals surface area contributed by atoms with Crippen LogP contribution in [-0.2, 0) is 19.2 Å². The van der Waals surface area contributed by atoms with Crippen LogP contribution in [0.2, 0.25) is 0 Å². The molecule has 0 aromatic heterocycles. The molecule has 2 aliphatic rings. The number of carbonyl (C=O) groups is 4. The van der Waals surface area contributed by atoms with Gasteiger partial charge in [0, 0.05) is 18.4 Å². The first kappa shape index (κ1) is 25.3. The molecule has 36 heavy (non-hydrogen) atoms. The third kappa shape index (κ3) is 5.10. The van der Waals surface area contributed by atoms with Gasteiger partial charge in [-0.3, -0.25) is 24.1 Å². The molecule has 2 aromatic rings. The van der Waals surface area contributed by atoms with E-state index in [0.717, 1.165) is 35.6 Å². The van der Waals surface area contributed by atoms with Gasteiger partial charge in [-0.25, -0.2) is 4.39 Å². The number of carbonyl (C=O) groups excluding carboxylic acids is 3. The molecular formula is C27H30FN3O5. The van der Waals surface area contributed by atoms with Gasteiger partial charge in [0.05, 0.1) is 29.2 Å². The number of hydrogen-bond donors (Lipinski definition) is 2. The van der Waals surface area contributed by atoms with E-state index in [2.05, 4.69) is 10.2 Å². The van der Waals surface area contributed by atoms with Gasteiger partial charge >= 0.3 is 5.97 Å². The zero-order valence-corrected chi connectivity index (χ0v) is 20.3. The molecule has 2 atom stereocenters. The summed E-state index contributed by atoms with van der Waals surface area (Å²) in [7, 11) is 0. The SMILES string of the molecule is CC(C)[C@H](CC(=O)N1c2ccccc2N(C2CC2)c2ccccc21)C(=O)NC(CC(=O)O)C(=O)CF. The quantitative estimate of drug-likeness (QED) is 0.513. The van der Waals surface area contributed by atoms with Crippen molar-refractivity contribution >= 4 is 46.3 Å².